The maximum absolute atomic E-state index is 4.31. The summed E-state index contributed by atoms with van der Waals surface area (Å²) in [5.41, 5.74) is 1.30. The average Bonchev–Trinajstić information content (AvgIpc) is 2.35. The highest BCUT2D eigenvalue weighted by molar-refractivity contribution is 5.79. The molecular formula is C15H25N3. The zero-order chi connectivity index (χ0) is 13.4. The van der Waals surface area contributed by atoms with Crippen LogP contribution in [-0.2, 0) is 6.54 Å². The van der Waals surface area contributed by atoms with Gasteiger partial charge in [0, 0.05) is 27.2 Å². The Morgan fingerprint density at radius 2 is 1.94 bits per heavy atom. The normalized spacial score (nSPS) is 11.7. The second-order valence-electron chi connectivity index (χ2n) is 5.00. The molecule has 0 aromatic heterocycles. The van der Waals surface area contributed by atoms with E-state index < -0.39 is 0 Å². The lowest BCUT2D eigenvalue weighted by atomic mass is 10.1. The van der Waals surface area contributed by atoms with Gasteiger partial charge in [-0.2, -0.15) is 0 Å². The lowest BCUT2D eigenvalue weighted by Crippen LogP contribution is -2.39. The second kappa shape index (κ2) is 7.75. The first-order valence-corrected chi connectivity index (χ1v) is 6.59. The monoisotopic (exact) mass is 247 g/mol. The molecule has 0 aliphatic carbocycles. The summed E-state index contributed by atoms with van der Waals surface area (Å²) in [5, 5.41) is 3.40. The fourth-order valence-corrected chi connectivity index (χ4v) is 1.79. The van der Waals surface area contributed by atoms with Crippen LogP contribution in [0.25, 0.3) is 0 Å². The van der Waals surface area contributed by atoms with E-state index in [9.17, 15) is 0 Å². The van der Waals surface area contributed by atoms with E-state index in [0.717, 1.165) is 31.4 Å². The molecule has 0 saturated carbocycles. The maximum atomic E-state index is 4.31. The van der Waals surface area contributed by atoms with E-state index in [1.54, 1.807) is 0 Å². The van der Waals surface area contributed by atoms with Crippen molar-refractivity contribution in [3.63, 3.8) is 0 Å². The van der Waals surface area contributed by atoms with Crippen molar-refractivity contribution in [3.05, 3.63) is 35.9 Å². The largest absolute Gasteiger partial charge is 0.356 e. The summed E-state index contributed by atoms with van der Waals surface area (Å²) >= 11 is 0. The topological polar surface area (TPSA) is 27.6 Å². The smallest absolute Gasteiger partial charge is 0.193 e. The quantitative estimate of drug-likeness (QED) is 0.640. The first kappa shape index (κ1) is 14.6. The lowest BCUT2D eigenvalue weighted by molar-refractivity contribution is 0.469. The zero-order valence-electron chi connectivity index (χ0n) is 12.0. The summed E-state index contributed by atoms with van der Waals surface area (Å²) in [7, 11) is 3.90. The Morgan fingerprint density at radius 3 is 2.50 bits per heavy atom. The van der Waals surface area contributed by atoms with Gasteiger partial charge in [0.05, 0.1) is 0 Å². The van der Waals surface area contributed by atoms with E-state index >= 15 is 0 Å². The molecule has 0 bridgehead atoms. The number of rotatable bonds is 5. The molecule has 3 heteroatoms. The van der Waals surface area contributed by atoms with Gasteiger partial charge in [-0.3, -0.25) is 4.99 Å². The molecular weight excluding hydrogens is 222 g/mol. The molecule has 0 unspecified atom stereocenters. The summed E-state index contributed by atoms with van der Waals surface area (Å²) in [6, 6.07) is 10.4. The van der Waals surface area contributed by atoms with E-state index in [1.807, 2.05) is 13.1 Å². The molecule has 0 aliphatic rings. The van der Waals surface area contributed by atoms with Crippen molar-refractivity contribution in [1.29, 1.82) is 0 Å². The van der Waals surface area contributed by atoms with Crippen molar-refractivity contribution in [2.24, 2.45) is 10.9 Å². The molecule has 1 aromatic rings. The van der Waals surface area contributed by atoms with Crippen LogP contribution in [0.5, 0.6) is 0 Å². The highest BCUT2D eigenvalue weighted by atomic mass is 15.3. The summed E-state index contributed by atoms with van der Waals surface area (Å²) in [4.78, 5) is 6.46. The third kappa shape index (κ3) is 5.21. The fourth-order valence-electron chi connectivity index (χ4n) is 1.79. The average molecular weight is 247 g/mol. The van der Waals surface area contributed by atoms with Crippen LogP contribution in [-0.4, -0.2) is 31.5 Å². The predicted octanol–water partition coefficient (Wildman–Crippen LogP) is 2.74. The molecule has 1 N–H and O–H groups in total. The van der Waals surface area contributed by atoms with Crippen molar-refractivity contribution in [2.45, 2.75) is 26.8 Å². The zero-order valence-corrected chi connectivity index (χ0v) is 12.0. The Bertz CT molecular complexity index is 357. The van der Waals surface area contributed by atoms with Crippen LogP contribution in [0.2, 0.25) is 0 Å². The number of hydrogen-bond donors (Lipinski definition) is 1. The molecule has 0 aliphatic heterocycles. The third-order valence-corrected chi connectivity index (χ3v) is 2.84. The maximum Gasteiger partial charge on any atom is 0.193 e. The predicted molar refractivity (Wildman–Crippen MR) is 78.7 cm³/mol. The van der Waals surface area contributed by atoms with Gasteiger partial charge in [-0.1, -0.05) is 44.2 Å². The van der Waals surface area contributed by atoms with Gasteiger partial charge in [-0.05, 0) is 17.9 Å². The lowest BCUT2D eigenvalue weighted by Gasteiger charge is -2.22. The standard InChI is InChI=1S/C15H25N3/c1-13(2)10-11-17-15(16-3)18(4)12-14-8-6-5-7-9-14/h5-9,13H,10-12H2,1-4H3,(H,16,17). The minimum Gasteiger partial charge on any atom is -0.356 e. The minimum absolute atomic E-state index is 0.718. The van der Waals surface area contributed by atoms with Gasteiger partial charge < -0.3 is 10.2 Å². The van der Waals surface area contributed by atoms with E-state index in [4.69, 9.17) is 0 Å². The number of nitrogens with zero attached hydrogens (tertiary/aromatic N) is 2. The molecule has 100 valence electrons. The number of guanidine groups is 1. The van der Waals surface area contributed by atoms with Crippen LogP contribution in [0.4, 0.5) is 0 Å². The molecule has 0 spiro atoms. The van der Waals surface area contributed by atoms with Gasteiger partial charge >= 0.3 is 0 Å². The van der Waals surface area contributed by atoms with Crippen LogP contribution < -0.4 is 5.32 Å². The highest BCUT2D eigenvalue weighted by Crippen LogP contribution is 2.03. The molecule has 1 aromatic carbocycles. The van der Waals surface area contributed by atoms with Crippen LogP contribution >= 0.6 is 0 Å². The minimum atomic E-state index is 0.718. The molecule has 0 heterocycles. The van der Waals surface area contributed by atoms with Gasteiger partial charge in [-0.15, -0.1) is 0 Å². The molecule has 0 atom stereocenters. The van der Waals surface area contributed by atoms with Gasteiger partial charge in [0.1, 0.15) is 0 Å². The molecule has 3 nitrogen and oxygen atoms in total. The fraction of sp³-hybridized carbons (Fsp3) is 0.533. The number of aliphatic imine (C=N–C) groups is 1. The van der Waals surface area contributed by atoms with Crippen LogP contribution in [0.3, 0.4) is 0 Å². The molecule has 0 saturated heterocycles. The van der Waals surface area contributed by atoms with E-state index in [-0.39, 0.29) is 0 Å². The second-order valence-corrected chi connectivity index (χ2v) is 5.00. The van der Waals surface area contributed by atoms with Crippen molar-refractivity contribution in [2.75, 3.05) is 20.6 Å². The van der Waals surface area contributed by atoms with Crippen LogP contribution in [0, 0.1) is 5.92 Å². The first-order chi connectivity index (χ1) is 8.63. The van der Waals surface area contributed by atoms with Gasteiger partial charge in [0.25, 0.3) is 0 Å². The summed E-state index contributed by atoms with van der Waals surface area (Å²) in [6.45, 7) is 6.32. The Labute approximate surface area is 111 Å². The van der Waals surface area contributed by atoms with Crippen molar-refractivity contribution in [3.8, 4) is 0 Å². The Kier molecular flexibility index (Phi) is 6.26. The Balaban J connectivity index is 2.45. The van der Waals surface area contributed by atoms with Crippen molar-refractivity contribution < 1.29 is 0 Å². The van der Waals surface area contributed by atoms with E-state index in [1.165, 1.54) is 5.56 Å². The van der Waals surface area contributed by atoms with Crippen molar-refractivity contribution in [1.82, 2.24) is 10.2 Å². The molecule has 0 radical (unpaired) electrons. The summed E-state index contributed by atoms with van der Waals surface area (Å²) in [5.74, 6) is 1.68. The Morgan fingerprint density at radius 1 is 1.28 bits per heavy atom. The molecule has 1 rings (SSSR count). The molecule has 18 heavy (non-hydrogen) atoms. The Hall–Kier alpha value is -1.51. The molecule has 0 fully saturated rings. The summed E-state index contributed by atoms with van der Waals surface area (Å²) in [6.07, 6.45) is 1.16. The first-order valence-electron chi connectivity index (χ1n) is 6.59. The number of benzene rings is 1. The van der Waals surface area contributed by atoms with Crippen molar-refractivity contribution >= 4 is 5.96 Å². The number of hydrogen-bond acceptors (Lipinski definition) is 1. The molecule has 0 amide bonds. The highest BCUT2D eigenvalue weighted by Gasteiger charge is 2.06. The van der Waals surface area contributed by atoms with Gasteiger partial charge in [-0.25, -0.2) is 0 Å². The SMILES string of the molecule is CN=C(NCCC(C)C)N(C)Cc1ccccc1. The van der Waals surface area contributed by atoms with Gasteiger partial charge in [0.2, 0.25) is 0 Å². The van der Waals surface area contributed by atoms with E-state index in [0.29, 0.717) is 0 Å². The third-order valence-electron chi connectivity index (χ3n) is 2.84. The number of nitrogens with one attached hydrogen (secondary N) is 1. The van der Waals surface area contributed by atoms with Crippen LogP contribution in [0.1, 0.15) is 25.8 Å². The van der Waals surface area contributed by atoms with Crippen LogP contribution in [0.15, 0.2) is 35.3 Å². The van der Waals surface area contributed by atoms with Gasteiger partial charge in [0.15, 0.2) is 5.96 Å². The summed E-state index contributed by atoms with van der Waals surface area (Å²) < 4.78 is 0. The van der Waals surface area contributed by atoms with E-state index in [2.05, 4.69) is 60.4 Å².